The van der Waals surface area contributed by atoms with Crippen molar-refractivity contribution in [1.29, 1.82) is 0 Å². The Labute approximate surface area is 241 Å². The molecule has 226 valence electrons. The molecule has 2 aliphatic heterocycles. The Morgan fingerprint density at radius 2 is 1.79 bits per heavy atom. The number of rotatable bonds is 9. The first-order valence-electron chi connectivity index (χ1n) is 14.4. The van der Waals surface area contributed by atoms with Crippen LogP contribution in [-0.2, 0) is 10.3 Å². The summed E-state index contributed by atoms with van der Waals surface area (Å²) in [6, 6.07) is 3.18. The number of aryl methyl sites for hydroxylation is 1. The molecule has 2 saturated heterocycles. The van der Waals surface area contributed by atoms with Gasteiger partial charge >= 0.3 is 0 Å². The number of hydrogen-bond donors (Lipinski definition) is 1. The highest BCUT2D eigenvalue weighted by Crippen LogP contribution is 2.44. The molecule has 2 aromatic heterocycles. The molecule has 42 heavy (non-hydrogen) atoms. The van der Waals surface area contributed by atoms with Crippen molar-refractivity contribution in [2.24, 2.45) is 5.41 Å². The van der Waals surface area contributed by atoms with Crippen molar-refractivity contribution >= 4 is 22.4 Å². The number of pyridine rings is 1. The van der Waals surface area contributed by atoms with Crippen LogP contribution in [0.4, 0.5) is 29.1 Å². The third-order valence-corrected chi connectivity index (χ3v) is 8.86. The average Bonchev–Trinajstić information content (AvgIpc) is 3.73. The minimum atomic E-state index is -2.95. The molecule has 6 rings (SSSR count). The zero-order valence-electron chi connectivity index (χ0n) is 24.1. The molecule has 3 fully saturated rings. The fourth-order valence-corrected chi connectivity index (χ4v) is 6.18. The first-order valence-corrected chi connectivity index (χ1v) is 14.4. The van der Waals surface area contributed by atoms with E-state index in [4.69, 9.17) is 4.74 Å². The predicted molar refractivity (Wildman–Crippen MR) is 153 cm³/mol. The monoisotopic (exact) mass is 588 g/mol. The lowest BCUT2D eigenvalue weighted by Gasteiger charge is -2.44. The van der Waals surface area contributed by atoms with Gasteiger partial charge in [0.05, 0.1) is 35.7 Å². The molecule has 1 aliphatic carbocycles. The molecule has 0 spiro atoms. The Morgan fingerprint density at radius 1 is 1.10 bits per heavy atom. The van der Waals surface area contributed by atoms with Gasteiger partial charge in [-0.3, -0.25) is 9.69 Å². The zero-order chi connectivity index (χ0) is 29.8. The maximum atomic E-state index is 15.0. The lowest BCUT2D eigenvalue weighted by molar-refractivity contribution is -0.115. The number of nitrogens with one attached hydrogen (secondary N) is 1. The van der Waals surface area contributed by atoms with E-state index in [2.05, 4.69) is 27.1 Å². The van der Waals surface area contributed by atoms with Crippen molar-refractivity contribution in [2.75, 3.05) is 62.8 Å². The van der Waals surface area contributed by atoms with Crippen LogP contribution in [0.2, 0.25) is 0 Å². The number of alkyl halides is 3. The summed E-state index contributed by atoms with van der Waals surface area (Å²) < 4.78 is 63.0. The maximum absolute atomic E-state index is 15.0. The third-order valence-electron chi connectivity index (χ3n) is 8.86. The summed E-state index contributed by atoms with van der Waals surface area (Å²) in [4.78, 5) is 27.7. The lowest BCUT2D eigenvalue weighted by Crippen LogP contribution is -2.55. The van der Waals surface area contributed by atoms with E-state index in [1.54, 1.807) is 20.0 Å². The normalized spacial score (nSPS) is 20.5. The Balaban J connectivity index is 1.39. The molecule has 1 atom stereocenters. The third kappa shape index (κ3) is 5.12. The van der Waals surface area contributed by atoms with Crippen LogP contribution in [0.5, 0.6) is 0 Å². The van der Waals surface area contributed by atoms with E-state index in [0.717, 1.165) is 38.9 Å². The van der Waals surface area contributed by atoms with Gasteiger partial charge in [-0.2, -0.15) is 0 Å². The van der Waals surface area contributed by atoms with Crippen LogP contribution in [0.15, 0.2) is 29.2 Å². The van der Waals surface area contributed by atoms with Gasteiger partial charge in [0.15, 0.2) is 0 Å². The highest BCUT2D eigenvalue weighted by atomic mass is 19.3. The molecule has 1 N–H and O–H groups in total. The second-order valence-corrected chi connectivity index (χ2v) is 12.4. The van der Waals surface area contributed by atoms with Crippen LogP contribution in [0.3, 0.4) is 0 Å². The van der Waals surface area contributed by atoms with Crippen molar-refractivity contribution in [3.05, 3.63) is 57.5 Å². The van der Waals surface area contributed by atoms with Crippen LogP contribution in [0.25, 0.3) is 10.9 Å². The van der Waals surface area contributed by atoms with Crippen molar-refractivity contribution in [3.8, 4) is 0 Å². The topological polar surface area (TPSA) is 75.5 Å². The first-order chi connectivity index (χ1) is 20.0. The van der Waals surface area contributed by atoms with E-state index in [9.17, 15) is 18.0 Å². The van der Waals surface area contributed by atoms with E-state index in [1.165, 1.54) is 16.7 Å². The minimum Gasteiger partial charge on any atom is -0.380 e. The highest BCUT2D eigenvalue weighted by molar-refractivity contribution is 5.97. The van der Waals surface area contributed by atoms with Gasteiger partial charge in [0, 0.05) is 49.9 Å². The fraction of sp³-hybridized carbons (Fsp3) is 0.567. The second-order valence-electron chi connectivity index (χ2n) is 12.4. The van der Waals surface area contributed by atoms with Gasteiger partial charge < -0.3 is 19.5 Å². The van der Waals surface area contributed by atoms with Gasteiger partial charge in [0.2, 0.25) is 0 Å². The standard InChI is InChI=1S/C30H36F4N6O2/c1-18(20-5-4-6-21(23(20)32)26(33)34)35-27-22-13-40(30(14-31)7-8-30)28(41)25(24(22)36-19(2)37-27)39-11-9-38(10-12-39)15-29(3)16-42-17-29/h4-6,13,18,26H,7-12,14-17H2,1-3H3,(H,35,36,37)/t18-/m1/s1. The second kappa shape index (κ2) is 10.8. The molecule has 0 bridgehead atoms. The summed E-state index contributed by atoms with van der Waals surface area (Å²) in [6.45, 7) is 10.0. The summed E-state index contributed by atoms with van der Waals surface area (Å²) in [6.07, 6.45) is -0.264. The van der Waals surface area contributed by atoms with Crippen LogP contribution < -0.4 is 15.8 Å². The quantitative estimate of drug-likeness (QED) is 0.354. The van der Waals surface area contributed by atoms with Crippen LogP contribution >= 0.6 is 0 Å². The molecule has 1 aromatic carbocycles. The molecule has 3 aliphatic rings. The summed E-state index contributed by atoms with van der Waals surface area (Å²) in [5, 5.41) is 3.67. The number of benzene rings is 1. The van der Waals surface area contributed by atoms with E-state index >= 15 is 4.39 Å². The largest absolute Gasteiger partial charge is 0.380 e. The molecule has 8 nitrogen and oxygen atoms in total. The van der Waals surface area contributed by atoms with Gasteiger partial charge in [-0.15, -0.1) is 0 Å². The van der Waals surface area contributed by atoms with Crippen molar-refractivity contribution in [1.82, 2.24) is 19.4 Å². The Kier molecular flexibility index (Phi) is 7.41. The number of aromatic nitrogens is 3. The SMILES string of the molecule is Cc1nc(N[C@H](C)c2cccc(C(F)F)c2F)c2cn(C3(CF)CC3)c(=O)c(N3CCN(CC4(C)COC4)CC3)c2n1. The van der Waals surface area contributed by atoms with Crippen molar-refractivity contribution < 1.29 is 22.3 Å². The summed E-state index contributed by atoms with van der Waals surface area (Å²) in [5.74, 6) is -0.261. The minimum absolute atomic E-state index is 0.0647. The first kappa shape index (κ1) is 28.9. The highest BCUT2D eigenvalue weighted by Gasteiger charge is 2.46. The molecule has 0 radical (unpaired) electrons. The van der Waals surface area contributed by atoms with Gasteiger partial charge in [-0.05, 0) is 26.7 Å². The summed E-state index contributed by atoms with van der Waals surface area (Å²) in [5.41, 5.74) is -0.832. The van der Waals surface area contributed by atoms with Crippen LogP contribution in [-0.4, -0.2) is 72.0 Å². The molecular weight excluding hydrogens is 552 g/mol. The Morgan fingerprint density at radius 3 is 2.38 bits per heavy atom. The van der Waals surface area contributed by atoms with Crippen LogP contribution in [0.1, 0.15) is 56.1 Å². The predicted octanol–water partition coefficient (Wildman–Crippen LogP) is 4.97. The van der Waals surface area contributed by atoms with Crippen LogP contribution in [0, 0.1) is 18.2 Å². The molecule has 3 aromatic rings. The molecule has 0 unspecified atom stereocenters. The molecule has 4 heterocycles. The summed E-state index contributed by atoms with van der Waals surface area (Å²) in [7, 11) is 0. The number of nitrogens with zero attached hydrogens (tertiary/aromatic N) is 5. The van der Waals surface area contributed by atoms with E-state index in [1.807, 2.05) is 4.90 Å². The smallest absolute Gasteiger partial charge is 0.276 e. The molecule has 0 amide bonds. The number of anilines is 2. The number of halogens is 4. The van der Waals surface area contributed by atoms with Gasteiger partial charge in [0.1, 0.15) is 35.3 Å². The maximum Gasteiger partial charge on any atom is 0.276 e. The number of fused-ring (bicyclic) bond motifs is 1. The van der Waals surface area contributed by atoms with Gasteiger partial charge in [0.25, 0.3) is 12.0 Å². The summed E-state index contributed by atoms with van der Waals surface area (Å²) >= 11 is 0. The Bertz CT molecular complexity index is 1550. The molecule has 12 heteroatoms. The van der Waals surface area contributed by atoms with E-state index in [-0.39, 0.29) is 16.5 Å². The average molecular weight is 589 g/mol. The molecule has 1 saturated carbocycles. The molecular formula is C30H36F4N6O2. The number of ether oxygens (including phenoxy) is 1. The van der Waals surface area contributed by atoms with Gasteiger partial charge in [-0.1, -0.05) is 25.1 Å². The van der Waals surface area contributed by atoms with Crippen molar-refractivity contribution in [2.45, 2.75) is 51.6 Å². The van der Waals surface area contributed by atoms with Gasteiger partial charge in [-0.25, -0.2) is 27.5 Å². The fourth-order valence-electron chi connectivity index (χ4n) is 6.18. The van der Waals surface area contributed by atoms with E-state index in [0.29, 0.717) is 54.2 Å². The number of hydrogen-bond acceptors (Lipinski definition) is 7. The zero-order valence-corrected chi connectivity index (χ0v) is 24.1. The van der Waals surface area contributed by atoms with Crippen molar-refractivity contribution in [3.63, 3.8) is 0 Å². The number of piperazine rings is 1. The Hall–Kier alpha value is -3.25. The lowest BCUT2D eigenvalue weighted by atomic mass is 9.88. The van der Waals surface area contributed by atoms with E-state index < -0.39 is 36.1 Å².